The molecule has 0 aliphatic carbocycles. The number of rotatable bonds is 7. The van der Waals surface area contributed by atoms with E-state index < -0.39 is 5.41 Å². The summed E-state index contributed by atoms with van der Waals surface area (Å²) in [5.74, 6) is 0.354. The Labute approximate surface area is 162 Å². The van der Waals surface area contributed by atoms with Crippen LogP contribution in [0.4, 0.5) is 0 Å². The van der Waals surface area contributed by atoms with Crippen molar-refractivity contribution in [2.45, 2.75) is 40.0 Å². The molecule has 1 rings (SSSR count). The molecule has 0 saturated carbocycles. The molecular weight excluding hydrogens is 415 g/mol. The van der Waals surface area contributed by atoms with E-state index in [4.69, 9.17) is 5.73 Å². The molecule has 5 nitrogen and oxygen atoms in total. The summed E-state index contributed by atoms with van der Waals surface area (Å²) in [6, 6.07) is 10.4. The van der Waals surface area contributed by atoms with Crippen molar-refractivity contribution in [2.75, 3.05) is 19.6 Å². The fourth-order valence-electron chi connectivity index (χ4n) is 1.99. The summed E-state index contributed by atoms with van der Waals surface area (Å²) >= 11 is 0. The average Bonchev–Trinajstić information content (AvgIpc) is 2.51. The van der Waals surface area contributed by atoms with E-state index in [2.05, 4.69) is 41.6 Å². The van der Waals surface area contributed by atoms with Gasteiger partial charge in [-0.25, -0.2) is 0 Å². The second kappa shape index (κ2) is 9.86. The number of halogens is 1. The fraction of sp³-hybridized carbons (Fsp3) is 0.556. The van der Waals surface area contributed by atoms with E-state index in [0.717, 1.165) is 13.1 Å². The van der Waals surface area contributed by atoms with Gasteiger partial charge in [0.1, 0.15) is 0 Å². The Balaban J connectivity index is 0.00000529. The molecular formula is C18H31IN4O. The molecule has 136 valence electrons. The smallest absolute Gasteiger partial charge is 0.224 e. The summed E-state index contributed by atoms with van der Waals surface area (Å²) in [7, 11) is 0. The number of nitrogens with zero attached hydrogens (tertiary/aromatic N) is 1. The van der Waals surface area contributed by atoms with Crippen LogP contribution in [0.3, 0.4) is 0 Å². The minimum absolute atomic E-state index is 0. The lowest BCUT2D eigenvalue weighted by atomic mass is 9.85. The van der Waals surface area contributed by atoms with E-state index >= 15 is 0 Å². The van der Waals surface area contributed by atoms with Crippen molar-refractivity contribution in [3.63, 3.8) is 0 Å². The Hall–Kier alpha value is -1.31. The molecule has 0 heterocycles. The minimum Gasteiger partial charge on any atom is -0.369 e. The predicted octanol–water partition coefficient (Wildman–Crippen LogP) is 2.65. The van der Waals surface area contributed by atoms with Crippen molar-refractivity contribution in [2.24, 2.45) is 16.1 Å². The van der Waals surface area contributed by atoms with Gasteiger partial charge in [0.25, 0.3) is 0 Å². The summed E-state index contributed by atoms with van der Waals surface area (Å²) in [4.78, 5) is 15.9. The van der Waals surface area contributed by atoms with Crippen LogP contribution in [-0.2, 0) is 10.2 Å². The van der Waals surface area contributed by atoms with Crippen molar-refractivity contribution < 1.29 is 4.79 Å². The standard InChI is InChI=1S/C18H30N4O.HI/c1-6-20-16(22-13-18(4,5)15(19)23)21-12-17(2,3)14-10-8-7-9-11-14;/h7-11H,6,12-13H2,1-5H3,(H2,19,23)(H2,20,21,22);1H. The van der Waals surface area contributed by atoms with Gasteiger partial charge in [-0.2, -0.15) is 0 Å². The first-order valence-corrected chi connectivity index (χ1v) is 8.06. The maximum Gasteiger partial charge on any atom is 0.224 e. The number of nitrogens with one attached hydrogen (secondary N) is 2. The normalized spacial score (nSPS) is 12.3. The zero-order valence-electron chi connectivity index (χ0n) is 15.3. The van der Waals surface area contributed by atoms with Crippen LogP contribution in [-0.4, -0.2) is 31.5 Å². The lowest BCUT2D eigenvalue weighted by Gasteiger charge is -2.27. The lowest BCUT2D eigenvalue weighted by Crippen LogP contribution is -2.44. The van der Waals surface area contributed by atoms with E-state index in [9.17, 15) is 4.79 Å². The molecule has 24 heavy (non-hydrogen) atoms. The number of primary amides is 1. The van der Waals surface area contributed by atoms with Gasteiger partial charge in [-0.15, -0.1) is 24.0 Å². The van der Waals surface area contributed by atoms with Crippen molar-refractivity contribution in [3.8, 4) is 0 Å². The van der Waals surface area contributed by atoms with Gasteiger partial charge in [0, 0.05) is 18.5 Å². The van der Waals surface area contributed by atoms with Crippen molar-refractivity contribution in [1.82, 2.24) is 10.6 Å². The highest BCUT2D eigenvalue weighted by molar-refractivity contribution is 14.0. The maximum absolute atomic E-state index is 11.4. The maximum atomic E-state index is 11.4. The van der Waals surface area contributed by atoms with Gasteiger partial charge in [0.2, 0.25) is 5.91 Å². The Bertz CT molecular complexity index is 541. The van der Waals surface area contributed by atoms with Crippen LogP contribution in [0.2, 0.25) is 0 Å². The van der Waals surface area contributed by atoms with Crippen molar-refractivity contribution in [3.05, 3.63) is 35.9 Å². The van der Waals surface area contributed by atoms with Crippen molar-refractivity contribution in [1.29, 1.82) is 0 Å². The molecule has 1 amide bonds. The second-order valence-electron chi connectivity index (χ2n) is 7.05. The summed E-state index contributed by atoms with van der Waals surface area (Å²) in [6.45, 7) is 11.8. The highest BCUT2D eigenvalue weighted by Gasteiger charge is 2.25. The Morgan fingerprint density at radius 2 is 1.71 bits per heavy atom. The minimum atomic E-state index is -0.655. The van der Waals surface area contributed by atoms with Gasteiger partial charge in [0.05, 0.1) is 12.0 Å². The van der Waals surface area contributed by atoms with E-state index in [1.54, 1.807) is 13.8 Å². The first-order valence-electron chi connectivity index (χ1n) is 8.06. The third kappa shape index (κ3) is 7.07. The monoisotopic (exact) mass is 446 g/mol. The topological polar surface area (TPSA) is 79.5 Å². The third-order valence-corrected chi connectivity index (χ3v) is 3.90. The van der Waals surface area contributed by atoms with Gasteiger partial charge in [-0.1, -0.05) is 44.2 Å². The first-order chi connectivity index (χ1) is 10.7. The van der Waals surface area contributed by atoms with E-state index in [0.29, 0.717) is 12.5 Å². The molecule has 0 spiro atoms. The van der Waals surface area contributed by atoms with Gasteiger partial charge < -0.3 is 16.4 Å². The number of aliphatic imine (C=N–C) groups is 1. The number of carbonyl (C=O) groups is 1. The molecule has 1 aromatic carbocycles. The molecule has 0 radical (unpaired) electrons. The van der Waals surface area contributed by atoms with Gasteiger partial charge >= 0.3 is 0 Å². The van der Waals surface area contributed by atoms with Crippen LogP contribution in [0.15, 0.2) is 35.3 Å². The van der Waals surface area contributed by atoms with Crippen LogP contribution >= 0.6 is 24.0 Å². The summed E-state index contributed by atoms with van der Waals surface area (Å²) in [6.07, 6.45) is 0. The molecule has 4 N–H and O–H groups in total. The Morgan fingerprint density at radius 3 is 2.21 bits per heavy atom. The number of carbonyl (C=O) groups excluding carboxylic acids is 1. The number of hydrogen-bond donors (Lipinski definition) is 3. The Kier molecular flexibility index (Phi) is 9.32. The number of benzene rings is 1. The largest absolute Gasteiger partial charge is 0.369 e. The number of nitrogens with two attached hydrogens (primary N) is 1. The summed E-state index contributed by atoms with van der Waals surface area (Å²) in [5, 5.41) is 6.56. The van der Waals surface area contributed by atoms with Crippen LogP contribution in [0.25, 0.3) is 0 Å². The molecule has 0 aliphatic rings. The molecule has 0 fully saturated rings. The highest BCUT2D eigenvalue weighted by Crippen LogP contribution is 2.21. The molecule has 0 bridgehead atoms. The zero-order valence-corrected chi connectivity index (χ0v) is 17.7. The second-order valence-corrected chi connectivity index (χ2v) is 7.05. The molecule has 0 aromatic heterocycles. The first kappa shape index (κ1) is 22.7. The van der Waals surface area contributed by atoms with Gasteiger partial charge in [0.15, 0.2) is 5.96 Å². The van der Waals surface area contributed by atoms with E-state index in [1.807, 2.05) is 25.1 Å². The number of guanidine groups is 1. The van der Waals surface area contributed by atoms with E-state index in [-0.39, 0.29) is 35.3 Å². The van der Waals surface area contributed by atoms with Crippen LogP contribution in [0.1, 0.15) is 40.2 Å². The zero-order chi connectivity index (χ0) is 17.5. The Morgan fingerprint density at radius 1 is 1.12 bits per heavy atom. The summed E-state index contributed by atoms with van der Waals surface area (Å²) in [5.41, 5.74) is 5.98. The van der Waals surface area contributed by atoms with Gasteiger partial charge in [-0.05, 0) is 26.3 Å². The average molecular weight is 446 g/mol. The molecule has 6 heteroatoms. The number of hydrogen-bond acceptors (Lipinski definition) is 2. The SMILES string of the molecule is CCNC(=NCC(C)(C)C(N)=O)NCC(C)(C)c1ccccc1.I. The third-order valence-electron chi connectivity index (χ3n) is 3.90. The quantitative estimate of drug-likeness (QED) is 0.342. The molecule has 0 unspecified atom stereocenters. The number of amides is 1. The van der Waals surface area contributed by atoms with Gasteiger partial charge in [-0.3, -0.25) is 9.79 Å². The molecule has 1 aromatic rings. The molecule has 0 aliphatic heterocycles. The van der Waals surface area contributed by atoms with Crippen LogP contribution < -0.4 is 16.4 Å². The predicted molar refractivity (Wildman–Crippen MR) is 112 cm³/mol. The molecule has 0 saturated heterocycles. The summed E-state index contributed by atoms with van der Waals surface area (Å²) < 4.78 is 0. The van der Waals surface area contributed by atoms with E-state index in [1.165, 1.54) is 5.56 Å². The fourth-order valence-corrected chi connectivity index (χ4v) is 1.99. The lowest BCUT2D eigenvalue weighted by molar-refractivity contribution is -0.125. The van der Waals surface area contributed by atoms with Crippen LogP contribution in [0.5, 0.6) is 0 Å². The van der Waals surface area contributed by atoms with Crippen molar-refractivity contribution >= 4 is 35.8 Å². The van der Waals surface area contributed by atoms with Crippen LogP contribution in [0, 0.1) is 5.41 Å². The molecule has 0 atom stereocenters. The highest BCUT2D eigenvalue weighted by atomic mass is 127.